The van der Waals surface area contributed by atoms with Crippen molar-refractivity contribution in [2.45, 2.75) is 6.54 Å². The Morgan fingerprint density at radius 2 is 1.94 bits per heavy atom. The molecule has 0 radical (unpaired) electrons. The van der Waals surface area contributed by atoms with E-state index < -0.39 is 15.9 Å². The average molecular weight is 257 g/mol. The Bertz CT molecular complexity index is 473. The van der Waals surface area contributed by atoms with Crippen LogP contribution in [0.1, 0.15) is 5.56 Å². The fourth-order valence-electron chi connectivity index (χ4n) is 1.28. The standard InChI is InChI=1S/C10H15N3O3S/c1-17(15,16)13(8-10(14)12-11)7-9-5-3-2-4-6-9/h2-6H,7-8,11H2,1H3,(H,12,14). The molecule has 0 aromatic heterocycles. The van der Waals surface area contributed by atoms with Gasteiger partial charge in [-0.25, -0.2) is 14.3 Å². The number of rotatable bonds is 5. The summed E-state index contributed by atoms with van der Waals surface area (Å²) in [6.07, 6.45) is 1.06. The van der Waals surface area contributed by atoms with Gasteiger partial charge in [0.25, 0.3) is 0 Å². The molecule has 0 fully saturated rings. The molecule has 3 N–H and O–H groups in total. The molecule has 0 unspecified atom stereocenters. The van der Waals surface area contributed by atoms with Gasteiger partial charge in [0.1, 0.15) is 0 Å². The molecule has 0 bridgehead atoms. The van der Waals surface area contributed by atoms with Crippen LogP contribution in [0.4, 0.5) is 0 Å². The zero-order valence-corrected chi connectivity index (χ0v) is 10.3. The van der Waals surface area contributed by atoms with Gasteiger partial charge < -0.3 is 0 Å². The van der Waals surface area contributed by atoms with Crippen LogP contribution in [-0.2, 0) is 21.4 Å². The topological polar surface area (TPSA) is 92.5 Å². The Morgan fingerprint density at radius 3 is 2.41 bits per heavy atom. The summed E-state index contributed by atoms with van der Waals surface area (Å²) in [5.41, 5.74) is 2.72. The van der Waals surface area contributed by atoms with Crippen LogP contribution in [0, 0.1) is 0 Å². The third-order valence-electron chi connectivity index (χ3n) is 2.15. The van der Waals surface area contributed by atoms with Gasteiger partial charge in [0.05, 0.1) is 12.8 Å². The maximum Gasteiger partial charge on any atom is 0.249 e. The molecule has 0 aliphatic carbocycles. The SMILES string of the molecule is CS(=O)(=O)N(CC(=O)NN)Cc1ccccc1. The highest BCUT2D eigenvalue weighted by molar-refractivity contribution is 7.88. The largest absolute Gasteiger partial charge is 0.293 e. The molecule has 17 heavy (non-hydrogen) atoms. The first kappa shape index (κ1) is 13.6. The van der Waals surface area contributed by atoms with E-state index in [4.69, 9.17) is 5.84 Å². The van der Waals surface area contributed by atoms with Gasteiger partial charge in [-0.15, -0.1) is 0 Å². The van der Waals surface area contributed by atoms with E-state index >= 15 is 0 Å². The Morgan fingerprint density at radius 1 is 1.35 bits per heavy atom. The lowest BCUT2D eigenvalue weighted by molar-refractivity contribution is -0.121. The molecule has 0 heterocycles. The van der Waals surface area contributed by atoms with Crippen molar-refractivity contribution in [1.82, 2.24) is 9.73 Å². The van der Waals surface area contributed by atoms with Crippen LogP contribution in [0.15, 0.2) is 30.3 Å². The highest BCUT2D eigenvalue weighted by atomic mass is 32.2. The maximum atomic E-state index is 11.5. The van der Waals surface area contributed by atoms with Crippen molar-refractivity contribution in [3.63, 3.8) is 0 Å². The molecule has 0 aliphatic heterocycles. The summed E-state index contributed by atoms with van der Waals surface area (Å²) in [7, 11) is -3.45. The summed E-state index contributed by atoms with van der Waals surface area (Å²) < 4.78 is 24.0. The van der Waals surface area contributed by atoms with Crippen LogP contribution >= 0.6 is 0 Å². The number of amides is 1. The number of carbonyl (C=O) groups is 1. The van der Waals surface area contributed by atoms with Crippen molar-refractivity contribution in [1.29, 1.82) is 0 Å². The van der Waals surface area contributed by atoms with Crippen molar-refractivity contribution in [2.24, 2.45) is 5.84 Å². The van der Waals surface area contributed by atoms with E-state index in [2.05, 4.69) is 0 Å². The second-order valence-electron chi connectivity index (χ2n) is 3.58. The molecule has 6 nitrogen and oxygen atoms in total. The molecule has 0 aliphatic rings. The van der Waals surface area contributed by atoms with E-state index in [-0.39, 0.29) is 13.1 Å². The van der Waals surface area contributed by atoms with Crippen LogP contribution in [0.5, 0.6) is 0 Å². The quantitative estimate of drug-likeness (QED) is 0.420. The molecule has 0 saturated heterocycles. The van der Waals surface area contributed by atoms with Crippen LogP contribution in [-0.4, -0.2) is 31.4 Å². The first-order valence-corrected chi connectivity index (χ1v) is 6.77. The minimum absolute atomic E-state index is 0.146. The number of benzene rings is 1. The molecule has 7 heteroatoms. The predicted molar refractivity (Wildman–Crippen MR) is 64.0 cm³/mol. The van der Waals surface area contributed by atoms with E-state index in [0.29, 0.717) is 0 Å². The van der Waals surface area contributed by atoms with Crippen LogP contribution < -0.4 is 11.3 Å². The first-order valence-electron chi connectivity index (χ1n) is 4.92. The second kappa shape index (κ2) is 5.76. The molecule has 94 valence electrons. The number of hydrazine groups is 1. The van der Waals surface area contributed by atoms with E-state index in [1.807, 2.05) is 11.5 Å². The van der Waals surface area contributed by atoms with Gasteiger partial charge in [0.2, 0.25) is 15.9 Å². The highest BCUT2D eigenvalue weighted by Gasteiger charge is 2.19. The van der Waals surface area contributed by atoms with Crippen molar-refractivity contribution in [3.05, 3.63) is 35.9 Å². The Hall–Kier alpha value is -1.44. The van der Waals surface area contributed by atoms with E-state index in [9.17, 15) is 13.2 Å². The predicted octanol–water partition coefficient (Wildman–Crippen LogP) is -0.562. The number of sulfonamides is 1. The number of carbonyl (C=O) groups excluding carboxylic acids is 1. The Kier molecular flexibility index (Phi) is 4.62. The lowest BCUT2D eigenvalue weighted by Gasteiger charge is -2.18. The summed E-state index contributed by atoms with van der Waals surface area (Å²) in [6, 6.07) is 9.02. The van der Waals surface area contributed by atoms with Gasteiger partial charge in [0, 0.05) is 6.54 Å². The molecule has 0 saturated carbocycles. The molecular weight excluding hydrogens is 242 g/mol. The number of nitrogens with one attached hydrogen (secondary N) is 1. The lowest BCUT2D eigenvalue weighted by Crippen LogP contribution is -2.42. The fourth-order valence-corrected chi connectivity index (χ4v) is 2.02. The third-order valence-corrected chi connectivity index (χ3v) is 3.35. The smallest absolute Gasteiger partial charge is 0.249 e. The maximum absolute atomic E-state index is 11.5. The van der Waals surface area contributed by atoms with Gasteiger partial charge >= 0.3 is 0 Å². The lowest BCUT2D eigenvalue weighted by atomic mass is 10.2. The Labute approximate surface area is 100 Å². The summed E-state index contributed by atoms with van der Waals surface area (Å²) in [5, 5.41) is 0. The number of nitrogens with two attached hydrogens (primary N) is 1. The zero-order valence-electron chi connectivity index (χ0n) is 9.46. The summed E-state index contributed by atoms with van der Waals surface area (Å²) in [6.45, 7) is -0.142. The number of hydrogen-bond acceptors (Lipinski definition) is 4. The monoisotopic (exact) mass is 257 g/mol. The fraction of sp³-hybridized carbons (Fsp3) is 0.300. The molecular formula is C10H15N3O3S. The number of hydrogen-bond donors (Lipinski definition) is 2. The van der Waals surface area contributed by atoms with E-state index in [1.165, 1.54) is 0 Å². The number of nitrogens with zero attached hydrogens (tertiary/aromatic N) is 1. The molecule has 1 aromatic carbocycles. The molecule has 0 atom stereocenters. The highest BCUT2D eigenvalue weighted by Crippen LogP contribution is 2.07. The minimum Gasteiger partial charge on any atom is -0.293 e. The zero-order chi connectivity index (χ0) is 12.9. The van der Waals surface area contributed by atoms with Crippen molar-refractivity contribution in [3.8, 4) is 0 Å². The molecule has 1 rings (SSSR count). The van der Waals surface area contributed by atoms with Crippen LogP contribution in [0.2, 0.25) is 0 Å². The van der Waals surface area contributed by atoms with Gasteiger partial charge in [0.15, 0.2) is 0 Å². The van der Waals surface area contributed by atoms with E-state index in [0.717, 1.165) is 16.1 Å². The molecule has 1 aromatic rings. The minimum atomic E-state index is -3.45. The second-order valence-corrected chi connectivity index (χ2v) is 5.57. The van der Waals surface area contributed by atoms with Crippen molar-refractivity contribution < 1.29 is 13.2 Å². The normalized spacial score (nSPS) is 11.5. The van der Waals surface area contributed by atoms with Crippen LogP contribution in [0.3, 0.4) is 0 Å². The van der Waals surface area contributed by atoms with Gasteiger partial charge in [-0.05, 0) is 5.56 Å². The van der Waals surface area contributed by atoms with Gasteiger partial charge in [-0.1, -0.05) is 30.3 Å². The summed E-state index contributed by atoms with van der Waals surface area (Å²) >= 11 is 0. The first-order chi connectivity index (χ1) is 7.93. The third kappa shape index (κ3) is 4.51. The van der Waals surface area contributed by atoms with E-state index in [1.54, 1.807) is 24.3 Å². The average Bonchev–Trinajstić information content (AvgIpc) is 2.28. The summed E-state index contributed by atoms with van der Waals surface area (Å²) in [5.74, 6) is 4.39. The summed E-state index contributed by atoms with van der Waals surface area (Å²) in [4.78, 5) is 11.1. The van der Waals surface area contributed by atoms with Crippen molar-refractivity contribution >= 4 is 15.9 Å². The Balaban J connectivity index is 2.82. The van der Waals surface area contributed by atoms with Crippen molar-refractivity contribution in [2.75, 3.05) is 12.8 Å². The molecule has 1 amide bonds. The molecule has 0 spiro atoms. The van der Waals surface area contributed by atoms with Gasteiger partial charge in [-0.3, -0.25) is 10.2 Å². The van der Waals surface area contributed by atoms with Gasteiger partial charge in [-0.2, -0.15) is 4.31 Å². The van der Waals surface area contributed by atoms with Crippen LogP contribution in [0.25, 0.3) is 0 Å².